The molecule has 0 heterocycles. The quantitative estimate of drug-likeness (QED) is 0.670. The number of amides is 2. The van der Waals surface area contributed by atoms with Crippen molar-refractivity contribution in [3.8, 4) is 0 Å². The molecule has 0 aliphatic rings. The first-order valence-corrected chi connectivity index (χ1v) is 5.22. The van der Waals surface area contributed by atoms with Crippen LogP contribution < -0.4 is 5.32 Å². The minimum Gasteiger partial charge on any atom is -0.481 e. The van der Waals surface area contributed by atoms with Gasteiger partial charge in [-0.3, -0.25) is 4.79 Å². The standard InChI is InChI=1S/C11H20N2O3/c1-5-6-13(4)11(16)12-7-9(8(2)3)10(14)15/h5,8-9H,1,6-7H2,2-4H3,(H,12,16)(H,14,15). The molecule has 1 unspecified atom stereocenters. The predicted molar refractivity (Wildman–Crippen MR) is 62.2 cm³/mol. The van der Waals surface area contributed by atoms with Crippen LogP contribution in [0.15, 0.2) is 12.7 Å². The van der Waals surface area contributed by atoms with Gasteiger partial charge >= 0.3 is 12.0 Å². The molecule has 5 nitrogen and oxygen atoms in total. The highest BCUT2D eigenvalue weighted by molar-refractivity contribution is 5.76. The Hall–Kier alpha value is -1.52. The van der Waals surface area contributed by atoms with Gasteiger partial charge in [0, 0.05) is 20.1 Å². The van der Waals surface area contributed by atoms with E-state index < -0.39 is 11.9 Å². The Morgan fingerprint density at radius 3 is 2.44 bits per heavy atom. The van der Waals surface area contributed by atoms with Gasteiger partial charge in [-0.05, 0) is 5.92 Å². The first-order chi connectivity index (χ1) is 7.40. The summed E-state index contributed by atoms with van der Waals surface area (Å²) in [6.45, 7) is 7.74. The number of likely N-dealkylation sites (N-methyl/N-ethyl adjacent to an activating group) is 1. The van der Waals surface area contributed by atoms with Crippen molar-refractivity contribution in [2.45, 2.75) is 13.8 Å². The van der Waals surface area contributed by atoms with Gasteiger partial charge in [-0.2, -0.15) is 0 Å². The van der Waals surface area contributed by atoms with Gasteiger partial charge in [0.2, 0.25) is 0 Å². The van der Waals surface area contributed by atoms with E-state index in [9.17, 15) is 9.59 Å². The van der Waals surface area contributed by atoms with Crippen LogP contribution in [-0.2, 0) is 4.79 Å². The summed E-state index contributed by atoms with van der Waals surface area (Å²) in [7, 11) is 1.63. The van der Waals surface area contributed by atoms with Gasteiger partial charge in [-0.1, -0.05) is 19.9 Å². The Balaban J connectivity index is 4.16. The van der Waals surface area contributed by atoms with E-state index in [1.54, 1.807) is 13.1 Å². The summed E-state index contributed by atoms with van der Waals surface area (Å²) in [5.41, 5.74) is 0. The minimum absolute atomic E-state index is 0.0116. The third kappa shape index (κ3) is 4.82. The molecule has 5 heteroatoms. The van der Waals surface area contributed by atoms with E-state index >= 15 is 0 Å². The van der Waals surface area contributed by atoms with Crippen molar-refractivity contribution in [3.63, 3.8) is 0 Å². The molecule has 0 spiro atoms. The van der Waals surface area contributed by atoms with E-state index in [2.05, 4.69) is 11.9 Å². The van der Waals surface area contributed by atoms with Crippen molar-refractivity contribution >= 4 is 12.0 Å². The van der Waals surface area contributed by atoms with Crippen LogP contribution in [0.3, 0.4) is 0 Å². The largest absolute Gasteiger partial charge is 0.481 e. The second kappa shape index (κ2) is 6.87. The van der Waals surface area contributed by atoms with E-state index in [1.807, 2.05) is 13.8 Å². The number of nitrogens with zero attached hydrogens (tertiary/aromatic N) is 1. The lowest BCUT2D eigenvalue weighted by molar-refractivity contribution is -0.142. The molecule has 0 fully saturated rings. The molecule has 0 saturated heterocycles. The number of aliphatic carboxylic acids is 1. The predicted octanol–water partition coefficient (Wildman–Crippen LogP) is 1.17. The minimum atomic E-state index is -0.887. The van der Waals surface area contributed by atoms with Crippen LogP contribution in [-0.4, -0.2) is 42.1 Å². The van der Waals surface area contributed by atoms with E-state index in [-0.39, 0.29) is 18.5 Å². The summed E-state index contributed by atoms with van der Waals surface area (Å²) in [5, 5.41) is 11.5. The van der Waals surface area contributed by atoms with Gasteiger partial charge in [0.25, 0.3) is 0 Å². The van der Waals surface area contributed by atoms with E-state index in [0.29, 0.717) is 6.54 Å². The fraction of sp³-hybridized carbons (Fsp3) is 0.636. The molecule has 0 saturated carbocycles. The van der Waals surface area contributed by atoms with Crippen molar-refractivity contribution in [2.75, 3.05) is 20.1 Å². The fourth-order valence-electron chi connectivity index (χ4n) is 1.22. The monoisotopic (exact) mass is 228 g/mol. The molecule has 1 atom stereocenters. The molecule has 0 aliphatic carbocycles. The van der Waals surface area contributed by atoms with Crippen LogP contribution in [0.25, 0.3) is 0 Å². The van der Waals surface area contributed by atoms with Crippen LogP contribution in [0.4, 0.5) is 4.79 Å². The van der Waals surface area contributed by atoms with Crippen molar-refractivity contribution in [2.24, 2.45) is 11.8 Å². The SMILES string of the molecule is C=CCN(C)C(=O)NCC(C(=O)O)C(C)C. The first kappa shape index (κ1) is 14.5. The smallest absolute Gasteiger partial charge is 0.317 e. The van der Waals surface area contributed by atoms with Crippen molar-refractivity contribution in [3.05, 3.63) is 12.7 Å². The number of hydrogen-bond acceptors (Lipinski definition) is 2. The second-order valence-electron chi connectivity index (χ2n) is 4.04. The summed E-state index contributed by atoms with van der Waals surface area (Å²) in [6, 6.07) is -0.285. The van der Waals surface area contributed by atoms with Gasteiger partial charge in [0.1, 0.15) is 0 Å². The topological polar surface area (TPSA) is 69.6 Å². The van der Waals surface area contributed by atoms with Crippen molar-refractivity contribution in [1.82, 2.24) is 10.2 Å². The molecule has 0 aromatic heterocycles. The Morgan fingerprint density at radius 2 is 2.06 bits per heavy atom. The number of carboxylic acids is 1. The Bertz CT molecular complexity index is 264. The molecule has 0 aromatic rings. The molecule has 2 N–H and O–H groups in total. The van der Waals surface area contributed by atoms with Crippen LogP contribution in [0.1, 0.15) is 13.8 Å². The lowest BCUT2D eigenvalue weighted by atomic mass is 9.96. The molecule has 0 aliphatic heterocycles. The molecule has 2 amide bonds. The summed E-state index contributed by atoms with van der Waals surface area (Å²) in [4.78, 5) is 23.8. The van der Waals surface area contributed by atoms with Crippen LogP contribution in [0.5, 0.6) is 0 Å². The molecule has 0 radical (unpaired) electrons. The lowest BCUT2D eigenvalue weighted by Crippen LogP contribution is -2.42. The Labute approximate surface area is 96.1 Å². The highest BCUT2D eigenvalue weighted by Gasteiger charge is 2.22. The number of hydrogen-bond donors (Lipinski definition) is 2. The average molecular weight is 228 g/mol. The molecule has 0 rings (SSSR count). The third-order valence-electron chi connectivity index (χ3n) is 2.34. The zero-order valence-electron chi connectivity index (χ0n) is 10.1. The van der Waals surface area contributed by atoms with Crippen LogP contribution in [0, 0.1) is 11.8 Å². The number of urea groups is 1. The number of carbonyl (C=O) groups is 2. The second-order valence-corrected chi connectivity index (χ2v) is 4.04. The van der Waals surface area contributed by atoms with Gasteiger partial charge in [-0.25, -0.2) is 4.79 Å². The maximum Gasteiger partial charge on any atom is 0.317 e. The normalized spacial score (nSPS) is 12.0. The van der Waals surface area contributed by atoms with E-state index in [4.69, 9.17) is 5.11 Å². The van der Waals surface area contributed by atoms with Crippen molar-refractivity contribution in [1.29, 1.82) is 0 Å². The van der Waals surface area contributed by atoms with Crippen LogP contribution in [0.2, 0.25) is 0 Å². The summed E-state index contributed by atoms with van der Waals surface area (Å²) in [5.74, 6) is -1.45. The third-order valence-corrected chi connectivity index (χ3v) is 2.34. The van der Waals surface area contributed by atoms with E-state index in [0.717, 1.165) is 0 Å². The summed E-state index contributed by atoms with van der Waals surface area (Å²) < 4.78 is 0. The number of rotatable bonds is 6. The van der Waals surface area contributed by atoms with Gasteiger partial charge in [0.15, 0.2) is 0 Å². The molecule has 16 heavy (non-hydrogen) atoms. The van der Waals surface area contributed by atoms with Gasteiger partial charge in [0.05, 0.1) is 5.92 Å². The average Bonchev–Trinajstić information content (AvgIpc) is 2.16. The maximum absolute atomic E-state index is 11.5. The van der Waals surface area contributed by atoms with Crippen LogP contribution >= 0.6 is 0 Å². The summed E-state index contributed by atoms with van der Waals surface area (Å²) >= 11 is 0. The lowest BCUT2D eigenvalue weighted by Gasteiger charge is -2.20. The molecule has 0 bridgehead atoms. The fourth-order valence-corrected chi connectivity index (χ4v) is 1.22. The Morgan fingerprint density at radius 1 is 1.50 bits per heavy atom. The first-order valence-electron chi connectivity index (χ1n) is 5.22. The molecule has 92 valence electrons. The zero-order valence-corrected chi connectivity index (χ0v) is 10.1. The number of nitrogens with one attached hydrogen (secondary N) is 1. The van der Waals surface area contributed by atoms with Crippen molar-refractivity contribution < 1.29 is 14.7 Å². The molecule has 0 aromatic carbocycles. The zero-order chi connectivity index (χ0) is 12.7. The van der Waals surface area contributed by atoms with E-state index in [1.165, 1.54) is 4.90 Å². The summed E-state index contributed by atoms with van der Waals surface area (Å²) in [6.07, 6.45) is 1.61. The highest BCUT2D eigenvalue weighted by Crippen LogP contribution is 2.09. The van der Waals surface area contributed by atoms with Gasteiger partial charge < -0.3 is 15.3 Å². The van der Waals surface area contributed by atoms with Gasteiger partial charge in [-0.15, -0.1) is 6.58 Å². The molecular weight excluding hydrogens is 208 g/mol. The molecular formula is C11H20N2O3. The number of carboxylic acid groups (broad SMARTS) is 1. The Kier molecular flexibility index (Phi) is 6.22. The maximum atomic E-state index is 11.5. The number of carbonyl (C=O) groups excluding carboxylic acids is 1. The highest BCUT2D eigenvalue weighted by atomic mass is 16.4.